The number of carbonyl (C=O) groups is 3. The number of anilines is 1. The maximum absolute atomic E-state index is 12.2. The van der Waals surface area contributed by atoms with Crippen LogP contribution in [-0.4, -0.2) is 33.0 Å². The number of carboxylic acid groups (broad SMARTS) is 2. The lowest BCUT2D eigenvalue weighted by atomic mass is 10.0. The molecule has 0 radical (unpaired) electrons. The second kappa shape index (κ2) is 5.38. The molecular weight excluding hydrogens is 312 g/mol. The Labute approximate surface area is 136 Å². The molecule has 1 aliphatic rings. The molecule has 1 amide bonds. The average Bonchev–Trinajstić information content (AvgIpc) is 2.96. The standard InChI is InChI=1S/C17H14N2O5/c1-7-13(18-8(2)14(7)17(23)24)6-11-10-5-9(16(21)22)3-4-12(10)19-15(11)20/h3-6,18H,1-2H3,(H,19,20)(H,21,22)(H,23,24)/b11-6-. The quantitative estimate of drug-likeness (QED) is 0.646. The molecule has 24 heavy (non-hydrogen) atoms. The maximum Gasteiger partial charge on any atom is 0.337 e. The zero-order chi connectivity index (χ0) is 17.6. The van der Waals surface area contributed by atoms with E-state index in [2.05, 4.69) is 10.3 Å². The second-order valence-corrected chi connectivity index (χ2v) is 5.55. The minimum atomic E-state index is -1.09. The van der Waals surface area contributed by atoms with E-state index in [1.807, 2.05) is 0 Å². The molecule has 122 valence electrons. The fourth-order valence-electron chi connectivity index (χ4n) is 2.85. The molecule has 0 unspecified atom stereocenters. The van der Waals surface area contributed by atoms with E-state index in [9.17, 15) is 19.5 Å². The monoisotopic (exact) mass is 326 g/mol. The first kappa shape index (κ1) is 15.5. The number of benzene rings is 1. The Morgan fingerprint density at radius 2 is 1.83 bits per heavy atom. The molecule has 4 N–H and O–H groups in total. The first-order chi connectivity index (χ1) is 11.3. The zero-order valence-electron chi connectivity index (χ0n) is 12.9. The summed E-state index contributed by atoms with van der Waals surface area (Å²) < 4.78 is 0. The summed E-state index contributed by atoms with van der Waals surface area (Å²) in [7, 11) is 0. The van der Waals surface area contributed by atoms with Crippen molar-refractivity contribution < 1.29 is 24.6 Å². The molecule has 0 saturated carbocycles. The van der Waals surface area contributed by atoms with Gasteiger partial charge in [-0.3, -0.25) is 4.79 Å². The van der Waals surface area contributed by atoms with Crippen molar-refractivity contribution in [1.82, 2.24) is 4.98 Å². The number of H-pyrrole nitrogens is 1. The number of nitrogens with one attached hydrogen (secondary N) is 2. The van der Waals surface area contributed by atoms with Gasteiger partial charge < -0.3 is 20.5 Å². The summed E-state index contributed by atoms with van der Waals surface area (Å²) in [5.74, 6) is -2.50. The molecule has 0 aliphatic carbocycles. The molecule has 1 aliphatic heterocycles. The number of aromatic amines is 1. The van der Waals surface area contributed by atoms with Gasteiger partial charge in [-0.05, 0) is 43.7 Å². The molecule has 2 heterocycles. The first-order valence-corrected chi connectivity index (χ1v) is 7.12. The molecule has 3 rings (SSSR count). The summed E-state index contributed by atoms with van der Waals surface area (Å²) in [5, 5.41) is 21.0. The van der Waals surface area contributed by atoms with Crippen LogP contribution in [0.1, 0.15) is 43.2 Å². The average molecular weight is 326 g/mol. The van der Waals surface area contributed by atoms with E-state index >= 15 is 0 Å². The summed E-state index contributed by atoms with van der Waals surface area (Å²) in [6.45, 7) is 3.30. The Kier molecular flexibility index (Phi) is 3.48. The molecule has 0 saturated heterocycles. The smallest absolute Gasteiger partial charge is 0.337 e. The van der Waals surface area contributed by atoms with Crippen LogP contribution >= 0.6 is 0 Å². The summed E-state index contributed by atoms with van der Waals surface area (Å²) in [6.07, 6.45) is 1.54. The molecule has 2 aromatic rings. The topological polar surface area (TPSA) is 119 Å². The molecule has 7 nitrogen and oxygen atoms in total. The minimum Gasteiger partial charge on any atom is -0.478 e. The van der Waals surface area contributed by atoms with Gasteiger partial charge in [-0.25, -0.2) is 9.59 Å². The highest BCUT2D eigenvalue weighted by molar-refractivity contribution is 6.35. The van der Waals surface area contributed by atoms with Crippen LogP contribution in [0.15, 0.2) is 18.2 Å². The van der Waals surface area contributed by atoms with Crippen LogP contribution in [0.4, 0.5) is 5.69 Å². The third kappa shape index (κ3) is 2.36. The third-order valence-electron chi connectivity index (χ3n) is 4.03. The van der Waals surface area contributed by atoms with Gasteiger partial charge in [0.2, 0.25) is 0 Å². The van der Waals surface area contributed by atoms with Crippen molar-refractivity contribution in [1.29, 1.82) is 0 Å². The summed E-state index contributed by atoms with van der Waals surface area (Å²) in [5.41, 5.74) is 3.03. The van der Waals surface area contributed by atoms with Crippen molar-refractivity contribution in [2.45, 2.75) is 13.8 Å². The molecule has 1 aromatic carbocycles. The molecular formula is C17H14N2O5. The molecule has 0 bridgehead atoms. The van der Waals surface area contributed by atoms with Gasteiger partial charge in [0.05, 0.1) is 16.7 Å². The van der Waals surface area contributed by atoms with Crippen molar-refractivity contribution >= 4 is 35.2 Å². The van der Waals surface area contributed by atoms with Gasteiger partial charge >= 0.3 is 11.9 Å². The maximum atomic E-state index is 12.2. The lowest BCUT2D eigenvalue weighted by molar-refractivity contribution is -0.110. The van der Waals surface area contributed by atoms with Crippen LogP contribution in [0.3, 0.4) is 0 Å². The van der Waals surface area contributed by atoms with Crippen LogP contribution < -0.4 is 5.32 Å². The number of hydrogen-bond acceptors (Lipinski definition) is 3. The van der Waals surface area contributed by atoms with E-state index in [-0.39, 0.29) is 22.6 Å². The number of rotatable bonds is 3. The number of amides is 1. The number of aromatic nitrogens is 1. The summed E-state index contributed by atoms with van der Waals surface area (Å²) >= 11 is 0. The minimum absolute atomic E-state index is 0.0711. The van der Waals surface area contributed by atoms with Gasteiger partial charge in [-0.15, -0.1) is 0 Å². The van der Waals surface area contributed by atoms with Gasteiger partial charge in [0.1, 0.15) is 0 Å². The first-order valence-electron chi connectivity index (χ1n) is 7.12. The van der Waals surface area contributed by atoms with E-state index in [1.165, 1.54) is 18.2 Å². The van der Waals surface area contributed by atoms with E-state index in [4.69, 9.17) is 5.11 Å². The molecule has 0 atom stereocenters. The lowest BCUT2D eigenvalue weighted by Crippen LogP contribution is -2.03. The van der Waals surface area contributed by atoms with Crippen molar-refractivity contribution in [2.75, 3.05) is 5.32 Å². The summed E-state index contributed by atoms with van der Waals surface area (Å²) in [4.78, 5) is 37.6. The predicted octanol–water partition coefficient (Wildman–Crippen LogP) is 2.52. The Morgan fingerprint density at radius 3 is 2.42 bits per heavy atom. The van der Waals surface area contributed by atoms with Crippen LogP contribution in [-0.2, 0) is 4.79 Å². The van der Waals surface area contributed by atoms with Gasteiger partial charge in [0, 0.05) is 22.6 Å². The lowest BCUT2D eigenvalue weighted by Gasteiger charge is -2.01. The van der Waals surface area contributed by atoms with E-state index in [0.717, 1.165) is 0 Å². The van der Waals surface area contributed by atoms with E-state index in [1.54, 1.807) is 19.9 Å². The second-order valence-electron chi connectivity index (χ2n) is 5.55. The van der Waals surface area contributed by atoms with Crippen LogP contribution in [0, 0.1) is 13.8 Å². The predicted molar refractivity (Wildman–Crippen MR) is 87.1 cm³/mol. The fourth-order valence-corrected chi connectivity index (χ4v) is 2.85. The van der Waals surface area contributed by atoms with Gasteiger partial charge in [-0.1, -0.05) is 0 Å². The number of aromatic carboxylic acids is 2. The SMILES string of the molecule is Cc1[nH]c(/C=C2\C(=O)Nc3ccc(C(=O)O)cc32)c(C)c1C(=O)O. The zero-order valence-corrected chi connectivity index (χ0v) is 12.9. The normalized spacial score (nSPS) is 14.6. The Hall–Kier alpha value is -3.35. The highest BCUT2D eigenvalue weighted by atomic mass is 16.4. The summed E-state index contributed by atoms with van der Waals surface area (Å²) in [6, 6.07) is 4.37. The van der Waals surface area contributed by atoms with Gasteiger partial charge in [-0.2, -0.15) is 0 Å². The Balaban J connectivity index is 2.15. The van der Waals surface area contributed by atoms with Crippen LogP contribution in [0.2, 0.25) is 0 Å². The molecule has 0 fully saturated rings. The van der Waals surface area contributed by atoms with Gasteiger partial charge in [0.25, 0.3) is 5.91 Å². The number of fused-ring (bicyclic) bond motifs is 1. The molecule has 7 heteroatoms. The van der Waals surface area contributed by atoms with Crippen LogP contribution in [0.25, 0.3) is 11.6 Å². The van der Waals surface area contributed by atoms with Crippen molar-refractivity contribution in [3.8, 4) is 0 Å². The number of aryl methyl sites for hydroxylation is 1. The molecule has 1 aromatic heterocycles. The Bertz CT molecular complexity index is 937. The van der Waals surface area contributed by atoms with E-state index < -0.39 is 11.9 Å². The van der Waals surface area contributed by atoms with Crippen LogP contribution in [0.5, 0.6) is 0 Å². The van der Waals surface area contributed by atoms with Gasteiger partial charge in [0.15, 0.2) is 0 Å². The Morgan fingerprint density at radius 1 is 1.12 bits per heavy atom. The third-order valence-corrected chi connectivity index (χ3v) is 4.03. The molecule has 0 spiro atoms. The number of carboxylic acids is 2. The van der Waals surface area contributed by atoms with Crippen molar-refractivity contribution in [3.05, 3.63) is 51.8 Å². The van der Waals surface area contributed by atoms with Crippen molar-refractivity contribution in [2.24, 2.45) is 0 Å². The number of hydrogen-bond donors (Lipinski definition) is 4. The highest BCUT2D eigenvalue weighted by Crippen LogP contribution is 2.34. The number of carbonyl (C=O) groups excluding carboxylic acids is 1. The largest absolute Gasteiger partial charge is 0.478 e. The highest BCUT2D eigenvalue weighted by Gasteiger charge is 2.26. The van der Waals surface area contributed by atoms with E-state index in [0.29, 0.717) is 28.2 Å². The van der Waals surface area contributed by atoms with Crippen molar-refractivity contribution in [3.63, 3.8) is 0 Å². The fraction of sp³-hybridized carbons (Fsp3) is 0.118.